The number of aromatic nitrogens is 1. The van der Waals surface area contributed by atoms with Crippen LogP contribution in [-0.4, -0.2) is 26.8 Å². The Morgan fingerprint density at radius 3 is 2.12 bits per heavy atom. The van der Waals surface area contributed by atoms with Gasteiger partial charge in [0, 0.05) is 32.5 Å². The van der Waals surface area contributed by atoms with Gasteiger partial charge in [-0.1, -0.05) is 15.9 Å². The van der Waals surface area contributed by atoms with Crippen LogP contribution in [0.1, 0.15) is 58.5 Å². The van der Waals surface area contributed by atoms with Crippen molar-refractivity contribution >= 4 is 27.2 Å². The van der Waals surface area contributed by atoms with Crippen molar-refractivity contribution in [1.82, 2.24) is 10.0 Å². The Balaban J connectivity index is 2.42. The van der Waals surface area contributed by atoms with Crippen LogP contribution in [0.5, 0.6) is 0 Å². The third kappa shape index (κ3) is 2.68. The van der Waals surface area contributed by atoms with E-state index in [1.807, 2.05) is 34.6 Å². The summed E-state index contributed by atoms with van der Waals surface area (Å²) in [6.07, 6.45) is 2.09. The molecule has 0 aromatic carbocycles. The first-order valence-electron chi connectivity index (χ1n) is 8.92. The predicted octanol–water partition coefficient (Wildman–Crippen LogP) is 5.78. The van der Waals surface area contributed by atoms with Crippen molar-refractivity contribution in [3.05, 3.63) is 55.6 Å². The summed E-state index contributed by atoms with van der Waals surface area (Å²) in [6, 6.07) is 2.14. The topological polar surface area (TPSA) is 54.4 Å². The Kier molecular flexibility index (Phi) is 4.49. The minimum absolute atomic E-state index is 0.630. The second-order valence-corrected chi connectivity index (χ2v) is 9.21. The van der Waals surface area contributed by atoms with Crippen molar-refractivity contribution in [2.45, 2.75) is 66.5 Å². The van der Waals surface area contributed by atoms with Gasteiger partial charge in [0.2, 0.25) is 0 Å². The van der Waals surface area contributed by atoms with Crippen LogP contribution in [0.2, 0.25) is 0 Å². The number of rotatable bonds is 2. The number of hydrogen-bond donors (Lipinski definition) is 1. The Labute approximate surface area is 164 Å². The standard InChI is InChI=1S/C21H27BrN3O/c1-11-9-13(3)23-17(11)15(18-12(2)10-14(4)24-18)16-19(22)21(7,8)25(26)20(16,5)6/h9-10,23H,1-8H3/q-1/b18-15+. The average molecular weight is 417 g/mol. The second-order valence-electron chi connectivity index (χ2n) is 8.42. The zero-order chi connectivity index (χ0) is 19.6. The number of nitrogens with one attached hydrogen (secondary N) is 1. The first-order valence-corrected chi connectivity index (χ1v) is 9.71. The first-order chi connectivity index (χ1) is 11.9. The van der Waals surface area contributed by atoms with Gasteiger partial charge in [0.1, 0.15) is 0 Å². The monoisotopic (exact) mass is 416 g/mol. The SMILES string of the molecule is CC1=CC(C)=N/C1=C(\C1=C(Br)C(C)(C)N([O-])C1(C)C)c1[nH]c(C)cc1C. The molecule has 2 aliphatic rings. The maximum atomic E-state index is 13.1. The number of allylic oxidation sites excluding steroid dienone is 2. The molecule has 140 valence electrons. The molecule has 0 amide bonds. The quantitative estimate of drug-likeness (QED) is 0.663. The lowest BCUT2D eigenvalue weighted by atomic mass is 9.85. The van der Waals surface area contributed by atoms with Crippen molar-refractivity contribution in [2.75, 3.05) is 0 Å². The van der Waals surface area contributed by atoms with Gasteiger partial charge in [-0.15, -0.1) is 0 Å². The molecule has 26 heavy (non-hydrogen) atoms. The van der Waals surface area contributed by atoms with Crippen molar-refractivity contribution in [2.24, 2.45) is 4.99 Å². The first kappa shape index (κ1) is 19.3. The van der Waals surface area contributed by atoms with Gasteiger partial charge in [-0.2, -0.15) is 0 Å². The van der Waals surface area contributed by atoms with Crippen molar-refractivity contribution in [3.8, 4) is 0 Å². The van der Waals surface area contributed by atoms with E-state index in [1.165, 1.54) is 5.06 Å². The fourth-order valence-corrected chi connectivity index (χ4v) is 5.01. The van der Waals surface area contributed by atoms with Crippen LogP contribution in [0.15, 0.2) is 38.5 Å². The molecule has 0 unspecified atom stereocenters. The van der Waals surface area contributed by atoms with Gasteiger partial charge >= 0.3 is 0 Å². The highest BCUT2D eigenvalue weighted by atomic mass is 79.9. The van der Waals surface area contributed by atoms with Gasteiger partial charge in [0.05, 0.1) is 11.4 Å². The number of hydrogen-bond acceptors (Lipinski definition) is 3. The highest BCUT2D eigenvalue weighted by Crippen LogP contribution is 2.53. The summed E-state index contributed by atoms with van der Waals surface area (Å²) in [6.45, 7) is 16.1. The Bertz CT molecular complexity index is 910. The van der Waals surface area contributed by atoms with Gasteiger partial charge in [0.15, 0.2) is 0 Å². The molecule has 0 aliphatic carbocycles. The largest absolute Gasteiger partial charge is 0.784 e. The van der Waals surface area contributed by atoms with Gasteiger partial charge in [-0.3, -0.25) is 4.99 Å². The molecule has 4 nitrogen and oxygen atoms in total. The second kappa shape index (κ2) is 6.04. The van der Waals surface area contributed by atoms with Crippen LogP contribution in [0.25, 0.3) is 5.57 Å². The van der Waals surface area contributed by atoms with E-state index in [0.717, 1.165) is 49.6 Å². The van der Waals surface area contributed by atoms with Crippen LogP contribution in [0.4, 0.5) is 0 Å². The van der Waals surface area contributed by atoms with Crippen LogP contribution in [0, 0.1) is 19.1 Å². The lowest BCUT2D eigenvalue weighted by Gasteiger charge is -2.48. The van der Waals surface area contributed by atoms with Gasteiger partial charge < -0.3 is 15.3 Å². The number of H-pyrrole nitrogens is 1. The number of aryl methyl sites for hydroxylation is 2. The summed E-state index contributed by atoms with van der Waals surface area (Å²) >= 11 is 3.78. The fourth-order valence-electron chi connectivity index (χ4n) is 4.16. The van der Waals surface area contributed by atoms with Crippen LogP contribution >= 0.6 is 15.9 Å². The summed E-state index contributed by atoms with van der Waals surface area (Å²) in [4.78, 5) is 8.33. The molecule has 1 N–H and O–H groups in total. The van der Waals surface area contributed by atoms with E-state index in [1.54, 1.807) is 0 Å². The molecule has 5 heteroatoms. The predicted molar refractivity (Wildman–Crippen MR) is 113 cm³/mol. The van der Waals surface area contributed by atoms with E-state index in [9.17, 15) is 5.21 Å². The highest BCUT2D eigenvalue weighted by Gasteiger charge is 2.47. The molecule has 0 bridgehead atoms. The molecule has 0 spiro atoms. The number of nitrogens with zero attached hydrogens (tertiary/aromatic N) is 2. The molecule has 0 saturated heterocycles. The third-order valence-corrected chi connectivity index (χ3v) is 6.72. The lowest BCUT2D eigenvalue weighted by Crippen LogP contribution is -2.46. The van der Waals surface area contributed by atoms with Crippen molar-refractivity contribution < 1.29 is 0 Å². The molecule has 1 aromatic heterocycles. The average Bonchev–Trinajstić information content (AvgIpc) is 3.06. The van der Waals surface area contributed by atoms with E-state index in [-0.39, 0.29) is 0 Å². The molecule has 0 fully saturated rings. The summed E-state index contributed by atoms with van der Waals surface area (Å²) < 4.78 is 0.923. The Morgan fingerprint density at radius 1 is 1.12 bits per heavy atom. The smallest absolute Gasteiger partial charge is 0.0759 e. The summed E-state index contributed by atoms with van der Waals surface area (Å²) in [7, 11) is 0. The highest BCUT2D eigenvalue weighted by molar-refractivity contribution is 9.11. The summed E-state index contributed by atoms with van der Waals surface area (Å²) in [5, 5.41) is 14.3. The van der Waals surface area contributed by atoms with Gasteiger partial charge in [-0.25, -0.2) is 0 Å². The van der Waals surface area contributed by atoms with E-state index < -0.39 is 11.1 Å². The minimum atomic E-state index is -0.678. The van der Waals surface area contributed by atoms with Crippen LogP contribution in [-0.2, 0) is 0 Å². The molecule has 0 saturated carbocycles. The maximum Gasteiger partial charge on any atom is 0.0759 e. The van der Waals surface area contributed by atoms with Gasteiger partial charge in [-0.05, 0) is 84.2 Å². The molecular formula is C21H27BrN3O-. The third-order valence-electron chi connectivity index (χ3n) is 5.36. The zero-order valence-electron chi connectivity index (χ0n) is 16.8. The van der Waals surface area contributed by atoms with Crippen molar-refractivity contribution in [1.29, 1.82) is 0 Å². The number of hydroxylamine groups is 2. The fraction of sp³-hybridized carbons (Fsp3) is 0.476. The molecule has 0 atom stereocenters. The number of halogens is 1. The number of aromatic amines is 1. The van der Waals surface area contributed by atoms with Crippen molar-refractivity contribution in [3.63, 3.8) is 0 Å². The maximum absolute atomic E-state index is 13.1. The normalized spacial score (nSPS) is 24.2. The van der Waals surface area contributed by atoms with E-state index in [0.29, 0.717) is 0 Å². The molecule has 2 aliphatic heterocycles. The molecular weight excluding hydrogens is 390 g/mol. The molecule has 3 heterocycles. The Morgan fingerprint density at radius 2 is 1.73 bits per heavy atom. The van der Waals surface area contributed by atoms with Crippen LogP contribution < -0.4 is 0 Å². The summed E-state index contributed by atoms with van der Waals surface area (Å²) in [5.41, 5.74) is 7.06. The molecule has 0 radical (unpaired) electrons. The van der Waals surface area contributed by atoms with E-state index in [2.05, 4.69) is 53.8 Å². The van der Waals surface area contributed by atoms with E-state index >= 15 is 0 Å². The lowest BCUT2D eigenvalue weighted by molar-refractivity contribution is 0.160. The minimum Gasteiger partial charge on any atom is -0.784 e. The Hall–Kier alpha value is -1.43. The molecule has 3 rings (SSSR count). The van der Waals surface area contributed by atoms with E-state index in [4.69, 9.17) is 4.99 Å². The number of aliphatic imine (C=N–C) groups is 1. The van der Waals surface area contributed by atoms with Gasteiger partial charge in [0.25, 0.3) is 0 Å². The molecule has 1 aromatic rings. The van der Waals surface area contributed by atoms with Crippen LogP contribution in [0.3, 0.4) is 0 Å². The zero-order valence-corrected chi connectivity index (χ0v) is 18.4. The summed E-state index contributed by atoms with van der Waals surface area (Å²) in [5.74, 6) is 0.